The number of aryl methyl sites for hydroxylation is 2. The van der Waals surface area contributed by atoms with Crippen molar-refractivity contribution in [3.05, 3.63) is 46.5 Å². The second-order valence-corrected chi connectivity index (χ2v) is 4.77. The maximum Gasteiger partial charge on any atom is 0.110 e. The number of hydrogen-bond donors (Lipinski definition) is 2. The highest BCUT2D eigenvalue weighted by molar-refractivity contribution is 5.97. The minimum Gasteiger partial charge on any atom is -0.385 e. The van der Waals surface area contributed by atoms with Gasteiger partial charge < -0.3 is 10.2 Å². The first-order valence-corrected chi connectivity index (χ1v) is 5.71. The van der Waals surface area contributed by atoms with E-state index in [0.29, 0.717) is 0 Å². The third-order valence-electron chi connectivity index (χ3n) is 4.00. The van der Waals surface area contributed by atoms with Crippen LogP contribution in [0.3, 0.4) is 0 Å². The summed E-state index contributed by atoms with van der Waals surface area (Å²) in [4.78, 5) is 0. The van der Waals surface area contributed by atoms with Crippen molar-refractivity contribution in [3.63, 3.8) is 0 Å². The van der Waals surface area contributed by atoms with E-state index in [1.165, 1.54) is 16.5 Å². The standard InChI is InChI=1S/C14H12O2/c15-13-9-5-3-7-1-2-8-4-6-10(14(13)16)12(9)11(7)8/h3-6,13-16H,1-2H2. The number of aliphatic hydroxyl groups is 2. The second kappa shape index (κ2) is 2.65. The van der Waals surface area contributed by atoms with Crippen LogP contribution in [0, 0.1) is 0 Å². The molecule has 0 radical (unpaired) electrons. The Morgan fingerprint density at radius 2 is 1.25 bits per heavy atom. The third kappa shape index (κ3) is 0.819. The van der Waals surface area contributed by atoms with Crippen LogP contribution < -0.4 is 0 Å². The van der Waals surface area contributed by atoms with Gasteiger partial charge in [-0.2, -0.15) is 0 Å². The Kier molecular flexibility index (Phi) is 1.45. The lowest BCUT2D eigenvalue weighted by molar-refractivity contribution is 0.0253. The van der Waals surface area contributed by atoms with E-state index in [9.17, 15) is 10.2 Å². The predicted molar refractivity (Wildman–Crippen MR) is 61.3 cm³/mol. The minimum atomic E-state index is -0.750. The molecule has 2 aliphatic rings. The Morgan fingerprint density at radius 1 is 0.750 bits per heavy atom. The molecule has 4 rings (SSSR count). The van der Waals surface area contributed by atoms with E-state index < -0.39 is 12.2 Å². The summed E-state index contributed by atoms with van der Waals surface area (Å²) in [5.41, 5.74) is 4.50. The van der Waals surface area contributed by atoms with Gasteiger partial charge in [0.15, 0.2) is 0 Å². The molecule has 0 aromatic heterocycles. The fourth-order valence-corrected chi connectivity index (χ4v) is 3.22. The number of aliphatic hydroxyl groups excluding tert-OH is 2. The van der Waals surface area contributed by atoms with Gasteiger partial charge in [-0.15, -0.1) is 0 Å². The van der Waals surface area contributed by atoms with Crippen LogP contribution >= 0.6 is 0 Å². The second-order valence-electron chi connectivity index (χ2n) is 4.77. The molecule has 2 atom stereocenters. The maximum absolute atomic E-state index is 9.99. The van der Waals surface area contributed by atoms with Gasteiger partial charge in [0.2, 0.25) is 0 Å². The Morgan fingerprint density at radius 3 is 1.75 bits per heavy atom. The molecule has 2 heteroatoms. The summed E-state index contributed by atoms with van der Waals surface area (Å²) in [6, 6.07) is 8.13. The van der Waals surface area contributed by atoms with E-state index in [2.05, 4.69) is 12.1 Å². The summed E-state index contributed by atoms with van der Waals surface area (Å²) in [6.07, 6.45) is 0.670. The zero-order valence-electron chi connectivity index (χ0n) is 8.77. The van der Waals surface area contributed by atoms with Gasteiger partial charge in [-0.25, -0.2) is 0 Å². The van der Waals surface area contributed by atoms with Crippen LogP contribution in [0.2, 0.25) is 0 Å². The van der Waals surface area contributed by atoms with Gasteiger partial charge in [0, 0.05) is 0 Å². The van der Waals surface area contributed by atoms with Crippen molar-refractivity contribution in [2.24, 2.45) is 0 Å². The van der Waals surface area contributed by atoms with Crippen LogP contribution in [0.4, 0.5) is 0 Å². The molecule has 0 saturated carbocycles. The number of rotatable bonds is 0. The summed E-state index contributed by atoms with van der Waals surface area (Å²) >= 11 is 0. The molecule has 2 N–H and O–H groups in total. The van der Waals surface area contributed by atoms with E-state index in [1.807, 2.05) is 12.1 Å². The predicted octanol–water partition coefficient (Wildman–Crippen LogP) is 2.02. The Balaban J connectivity index is 2.25. The third-order valence-corrected chi connectivity index (χ3v) is 4.00. The van der Waals surface area contributed by atoms with Gasteiger partial charge in [-0.3, -0.25) is 0 Å². The van der Waals surface area contributed by atoms with Gasteiger partial charge in [0.1, 0.15) is 12.2 Å². The van der Waals surface area contributed by atoms with Crippen molar-refractivity contribution in [3.8, 4) is 0 Å². The van der Waals surface area contributed by atoms with Crippen molar-refractivity contribution >= 4 is 10.8 Å². The lowest BCUT2D eigenvalue weighted by Crippen LogP contribution is -2.02. The Hall–Kier alpha value is -1.38. The minimum absolute atomic E-state index is 0.750. The zero-order valence-corrected chi connectivity index (χ0v) is 8.77. The van der Waals surface area contributed by atoms with E-state index in [4.69, 9.17) is 0 Å². The Labute approximate surface area is 93.1 Å². The largest absolute Gasteiger partial charge is 0.385 e. The van der Waals surface area contributed by atoms with Crippen molar-refractivity contribution in [2.75, 3.05) is 0 Å². The molecule has 0 amide bonds. The van der Waals surface area contributed by atoms with Crippen molar-refractivity contribution in [1.82, 2.24) is 0 Å². The van der Waals surface area contributed by atoms with Gasteiger partial charge in [0.25, 0.3) is 0 Å². The first-order valence-electron chi connectivity index (χ1n) is 5.71. The molecule has 0 fully saturated rings. The molecule has 2 unspecified atom stereocenters. The maximum atomic E-state index is 9.99. The van der Waals surface area contributed by atoms with E-state index in [0.717, 1.165) is 29.4 Å². The summed E-state index contributed by atoms with van der Waals surface area (Å²) in [7, 11) is 0. The number of hydrogen-bond acceptors (Lipinski definition) is 2. The van der Waals surface area contributed by atoms with Crippen LogP contribution in [0.1, 0.15) is 34.5 Å². The zero-order chi connectivity index (χ0) is 10.9. The molecule has 2 aromatic rings. The molecule has 0 spiro atoms. The molecular weight excluding hydrogens is 200 g/mol. The van der Waals surface area contributed by atoms with Crippen molar-refractivity contribution < 1.29 is 10.2 Å². The van der Waals surface area contributed by atoms with E-state index >= 15 is 0 Å². The number of benzene rings is 2. The molecule has 0 saturated heterocycles. The molecule has 0 bridgehead atoms. The van der Waals surface area contributed by atoms with Gasteiger partial charge in [-0.05, 0) is 45.9 Å². The monoisotopic (exact) mass is 212 g/mol. The highest BCUT2D eigenvalue weighted by Gasteiger charge is 2.33. The SMILES string of the molecule is OC1c2ccc3c4c(ccc(c24)C1O)CC3. The molecule has 2 aliphatic carbocycles. The first-order chi connectivity index (χ1) is 7.77. The lowest BCUT2D eigenvalue weighted by atomic mass is 10.00. The average Bonchev–Trinajstić information content (AvgIpc) is 2.82. The highest BCUT2D eigenvalue weighted by Crippen LogP contribution is 2.47. The molecule has 16 heavy (non-hydrogen) atoms. The quantitative estimate of drug-likeness (QED) is 0.701. The summed E-state index contributed by atoms with van der Waals surface area (Å²) in [5.74, 6) is 0. The molecular formula is C14H12O2. The van der Waals surface area contributed by atoms with Crippen LogP contribution in [-0.2, 0) is 12.8 Å². The van der Waals surface area contributed by atoms with E-state index in [-0.39, 0.29) is 0 Å². The fourth-order valence-electron chi connectivity index (χ4n) is 3.22. The highest BCUT2D eigenvalue weighted by atomic mass is 16.3. The van der Waals surface area contributed by atoms with Crippen molar-refractivity contribution in [2.45, 2.75) is 25.0 Å². The van der Waals surface area contributed by atoms with Gasteiger partial charge in [0.05, 0.1) is 0 Å². The molecule has 80 valence electrons. The average molecular weight is 212 g/mol. The summed E-state index contributed by atoms with van der Waals surface area (Å²) < 4.78 is 0. The topological polar surface area (TPSA) is 40.5 Å². The molecule has 2 aromatic carbocycles. The van der Waals surface area contributed by atoms with Gasteiger partial charge in [-0.1, -0.05) is 24.3 Å². The molecule has 2 nitrogen and oxygen atoms in total. The first kappa shape index (κ1) is 8.74. The smallest absolute Gasteiger partial charge is 0.110 e. The van der Waals surface area contributed by atoms with Crippen LogP contribution in [-0.4, -0.2) is 10.2 Å². The van der Waals surface area contributed by atoms with Crippen LogP contribution in [0.25, 0.3) is 10.8 Å². The van der Waals surface area contributed by atoms with Crippen molar-refractivity contribution in [1.29, 1.82) is 0 Å². The molecule has 0 aliphatic heterocycles. The normalized spacial score (nSPS) is 25.6. The summed E-state index contributed by atoms with van der Waals surface area (Å²) in [5, 5.41) is 22.4. The lowest BCUT2D eigenvalue weighted by Gasteiger charge is -2.08. The van der Waals surface area contributed by atoms with Gasteiger partial charge >= 0.3 is 0 Å². The van der Waals surface area contributed by atoms with Crippen LogP contribution in [0.15, 0.2) is 24.3 Å². The summed E-state index contributed by atoms with van der Waals surface area (Å²) in [6.45, 7) is 0. The molecule has 0 heterocycles. The van der Waals surface area contributed by atoms with E-state index in [1.54, 1.807) is 0 Å². The van der Waals surface area contributed by atoms with Crippen LogP contribution in [0.5, 0.6) is 0 Å². The fraction of sp³-hybridized carbons (Fsp3) is 0.286. The Bertz CT molecular complexity index is 565.